The van der Waals surface area contributed by atoms with E-state index < -0.39 is 0 Å². The normalized spacial score (nSPS) is 15.2. The first-order chi connectivity index (χ1) is 14.1. The summed E-state index contributed by atoms with van der Waals surface area (Å²) < 4.78 is 22.5. The molecule has 2 aromatic heterocycles. The van der Waals surface area contributed by atoms with Crippen LogP contribution in [-0.4, -0.2) is 51.6 Å². The first kappa shape index (κ1) is 20.9. The van der Waals surface area contributed by atoms with E-state index in [1.165, 1.54) is 13.0 Å². The van der Waals surface area contributed by atoms with Gasteiger partial charge in [0.25, 0.3) is 0 Å². The van der Waals surface area contributed by atoms with E-state index in [4.69, 9.17) is 9.15 Å². The summed E-state index contributed by atoms with van der Waals surface area (Å²) in [6.45, 7) is 10.8. The predicted octanol–water partition coefficient (Wildman–Crippen LogP) is 4.05. The molecular formula is C21H26FN5O2. The number of H-pyrrole nitrogens is 1. The summed E-state index contributed by atoms with van der Waals surface area (Å²) in [6.07, 6.45) is 4.01. The molecule has 0 atom stereocenters. The summed E-state index contributed by atoms with van der Waals surface area (Å²) in [4.78, 5) is 2.25. The Hall–Kier alpha value is -2.84. The van der Waals surface area contributed by atoms with Crippen LogP contribution >= 0.6 is 0 Å². The zero-order chi connectivity index (χ0) is 20.6. The van der Waals surface area contributed by atoms with Gasteiger partial charge < -0.3 is 9.15 Å². The lowest BCUT2D eigenvalue weighted by Gasteiger charge is -2.24. The number of morpholine rings is 1. The summed E-state index contributed by atoms with van der Waals surface area (Å²) >= 11 is 0. The van der Waals surface area contributed by atoms with Crippen molar-refractivity contribution in [3.8, 4) is 11.5 Å². The number of halogens is 1. The highest BCUT2D eigenvalue weighted by Gasteiger charge is 2.16. The Morgan fingerprint density at radius 2 is 2.07 bits per heavy atom. The summed E-state index contributed by atoms with van der Waals surface area (Å²) in [5, 5.41) is 16.8. The van der Waals surface area contributed by atoms with Crippen LogP contribution in [0.15, 0.2) is 47.2 Å². The van der Waals surface area contributed by atoms with E-state index in [1.54, 1.807) is 6.92 Å². The SMILES string of the molecule is C/C=C(\C)F.C=CCc1[nH]nc2ccc(-c3nnc(CN4CCOCC4)o3)cc12. The van der Waals surface area contributed by atoms with Crippen LogP contribution in [0.4, 0.5) is 4.39 Å². The van der Waals surface area contributed by atoms with Gasteiger partial charge in [-0.1, -0.05) is 12.2 Å². The number of nitrogens with zero attached hydrogens (tertiary/aromatic N) is 4. The van der Waals surface area contributed by atoms with Crippen molar-refractivity contribution in [1.82, 2.24) is 25.3 Å². The first-order valence-electron chi connectivity index (χ1n) is 9.60. The lowest BCUT2D eigenvalue weighted by molar-refractivity contribution is 0.0306. The van der Waals surface area contributed by atoms with Gasteiger partial charge in [-0.25, -0.2) is 4.39 Å². The van der Waals surface area contributed by atoms with Crippen molar-refractivity contribution in [2.24, 2.45) is 0 Å². The molecule has 0 aliphatic carbocycles. The summed E-state index contributed by atoms with van der Waals surface area (Å²) in [6, 6.07) is 5.94. The second-order valence-corrected chi connectivity index (χ2v) is 6.69. The minimum Gasteiger partial charge on any atom is -0.419 e. The Morgan fingerprint density at radius 3 is 2.76 bits per heavy atom. The molecule has 154 valence electrons. The molecule has 0 unspecified atom stereocenters. The monoisotopic (exact) mass is 399 g/mol. The third-order valence-corrected chi connectivity index (χ3v) is 4.56. The van der Waals surface area contributed by atoms with Gasteiger partial charge in [0.1, 0.15) is 0 Å². The Balaban J connectivity index is 0.000000431. The largest absolute Gasteiger partial charge is 0.419 e. The smallest absolute Gasteiger partial charge is 0.247 e. The van der Waals surface area contributed by atoms with Crippen molar-refractivity contribution in [2.75, 3.05) is 26.3 Å². The Labute approximate surface area is 169 Å². The molecule has 29 heavy (non-hydrogen) atoms. The van der Waals surface area contributed by atoms with Gasteiger partial charge in [0.05, 0.1) is 31.1 Å². The molecule has 0 spiro atoms. The van der Waals surface area contributed by atoms with Crippen LogP contribution in [0.1, 0.15) is 25.4 Å². The molecule has 8 heteroatoms. The molecule has 1 aliphatic heterocycles. The number of nitrogens with one attached hydrogen (secondary N) is 1. The van der Waals surface area contributed by atoms with Gasteiger partial charge in [0.15, 0.2) is 0 Å². The van der Waals surface area contributed by atoms with Crippen molar-refractivity contribution in [1.29, 1.82) is 0 Å². The number of ether oxygens (including phenoxy) is 1. The minimum atomic E-state index is -0.120. The van der Waals surface area contributed by atoms with Gasteiger partial charge in [0.2, 0.25) is 11.8 Å². The molecule has 1 N–H and O–H groups in total. The van der Waals surface area contributed by atoms with Gasteiger partial charge in [-0.3, -0.25) is 10.00 Å². The van der Waals surface area contributed by atoms with Crippen molar-refractivity contribution < 1.29 is 13.5 Å². The molecule has 1 aromatic carbocycles. The fourth-order valence-electron chi connectivity index (χ4n) is 2.88. The Morgan fingerprint density at radius 1 is 1.31 bits per heavy atom. The molecule has 0 amide bonds. The first-order valence-corrected chi connectivity index (χ1v) is 9.60. The van der Waals surface area contributed by atoms with Crippen LogP contribution in [0.2, 0.25) is 0 Å². The molecular weight excluding hydrogens is 373 g/mol. The Bertz CT molecular complexity index is 969. The van der Waals surface area contributed by atoms with Gasteiger partial charge in [0, 0.05) is 36.2 Å². The van der Waals surface area contributed by atoms with Crippen molar-refractivity contribution in [3.63, 3.8) is 0 Å². The predicted molar refractivity (Wildman–Crippen MR) is 110 cm³/mol. The maximum absolute atomic E-state index is 11.3. The van der Waals surface area contributed by atoms with E-state index in [-0.39, 0.29) is 5.83 Å². The molecule has 1 saturated heterocycles. The standard InChI is InChI=1S/C17H19N5O2.C4H7F/c1-2-3-14-13-10-12(4-5-15(13)19-18-14)17-21-20-16(24-17)11-22-6-8-23-9-7-22;1-3-4(2)5/h2,4-5,10H,1,3,6-9,11H2,(H,18,19);3H,1-2H3/b;4-3+. The van der Waals surface area contributed by atoms with Gasteiger partial charge in [-0.05, 0) is 32.0 Å². The third-order valence-electron chi connectivity index (χ3n) is 4.56. The summed E-state index contributed by atoms with van der Waals surface area (Å²) in [7, 11) is 0. The summed E-state index contributed by atoms with van der Waals surface area (Å²) in [5.74, 6) is 1.04. The molecule has 0 saturated carbocycles. The van der Waals surface area contributed by atoms with Crippen LogP contribution in [0.5, 0.6) is 0 Å². The number of rotatable bonds is 5. The fraction of sp³-hybridized carbons (Fsp3) is 0.381. The van der Waals surface area contributed by atoms with E-state index >= 15 is 0 Å². The van der Waals surface area contributed by atoms with Crippen LogP contribution in [0.3, 0.4) is 0 Å². The lowest BCUT2D eigenvalue weighted by Crippen LogP contribution is -2.35. The quantitative estimate of drug-likeness (QED) is 0.652. The van der Waals surface area contributed by atoms with Crippen molar-refractivity contribution >= 4 is 10.9 Å². The van der Waals surface area contributed by atoms with E-state index in [2.05, 4.69) is 31.9 Å². The Kier molecular flexibility index (Phi) is 7.26. The number of hydrogen-bond acceptors (Lipinski definition) is 6. The molecule has 0 radical (unpaired) electrons. The maximum Gasteiger partial charge on any atom is 0.247 e. The second-order valence-electron chi connectivity index (χ2n) is 6.69. The molecule has 7 nitrogen and oxygen atoms in total. The van der Waals surface area contributed by atoms with E-state index in [0.717, 1.165) is 54.9 Å². The highest BCUT2D eigenvalue weighted by Crippen LogP contribution is 2.25. The molecule has 1 aliphatic rings. The zero-order valence-electron chi connectivity index (χ0n) is 16.8. The average Bonchev–Trinajstić information content (AvgIpc) is 3.36. The highest BCUT2D eigenvalue weighted by molar-refractivity contribution is 5.85. The molecule has 0 bridgehead atoms. The van der Waals surface area contributed by atoms with Crippen LogP contribution in [0, 0.1) is 0 Å². The highest BCUT2D eigenvalue weighted by atomic mass is 19.1. The number of aromatic nitrogens is 4. The zero-order valence-corrected chi connectivity index (χ0v) is 16.8. The van der Waals surface area contributed by atoms with E-state index in [1.807, 2.05) is 24.3 Å². The molecule has 1 fully saturated rings. The minimum absolute atomic E-state index is 0.120. The number of aromatic amines is 1. The molecule has 3 heterocycles. The third kappa shape index (κ3) is 5.58. The fourth-order valence-corrected chi connectivity index (χ4v) is 2.88. The van der Waals surface area contributed by atoms with Crippen LogP contribution in [0.25, 0.3) is 22.4 Å². The van der Waals surface area contributed by atoms with Gasteiger partial charge in [-0.15, -0.1) is 16.8 Å². The van der Waals surface area contributed by atoms with Crippen molar-refractivity contribution in [2.45, 2.75) is 26.8 Å². The van der Waals surface area contributed by atoms with E-state index in [0.29, 0.717) is 18.3 Å². The second kappa shape index (κ2) is 10.1. The van der Waals surface area contributed by atoms with Gasteiger partial charge in [-0.2, -0.15) is 5.10 Å². The maximum atomic E-state index is 11.3. The topological polar surface area (TPSA) is 80.1 Å². The number of fused-ring (bicyclic) bond motifs is 1. The van der Waals surface area contributed by atoms with E-state index in [9.17, 15) is 4.39 Å². The average molecular weight is 399 g/mol. The summed E-state index contributed by atoms with van der Waals surface area (Å²) in [5.41, 5.74) is 2.86. The van der Waals surface area contributed by atoms with Gasteiger partial charge >= 0.3 is 0 Å². The number of hydrogen-bond donors (Lipinski definition) is 1. The molecule has 3 aromatic rings. The lowest BCUT2D eigenvalue weighted by atomic mass is 10.1. The number of allylic oxidation sites excluding steroid dienone is 3. The molecule has 4 rings (SSSR count). The van der Waals surface area contributed by atoms with Crippen molar-refractivity contribution in [3.05, 3.63) is 54.3 Å². The van der Waals surface area contributed by atoms with Crippen LogP contribution < -0.4 is 0 Å². The van der Waals surface area contributed by atoms with Crippen LogP contribution in [-0.2, 0) is 17.7 Å². The number of benzene rings is 1.